The van der Waals surface area contributed by atoms with Gasteiger partial charge in [0, 0.05) is 32.1 Å². The van der Waals surface area contributed by atoms with E-state index in [1.54, 1.807) is 30.3 Å². The minimum absolute atomic E-state index is 0.0385. The molecule has 3 fully saturated rings. The van der Waals surface area contributed by atoms with Crippen molar-refractivity contribution in [2.45, 2.75) is 36.2 Å². The van der Waals surface area contributed by atoms with Crippen molar-refractivity contribution in [1.82, 2.24) is 9.80 Å². The summed E-state index contributed by atoms with van der Waals surface area (Å²) in [6.45, 7) is 3.67. The van der Waals surface area contributed by atoms with E-state index in [4.69, 9.17) is 4.74 Å². The number of rotatable bonds is 5. The van der Waals surface area contributed by atoms with Crippen molar-refractivity contribution in [1.29, 1.82) is 0 Å². The van der Waals surface area contributed by atoms with Gasteiger partial charge in [-0.1, -0.05) is 18.2 Å². The molecule has 1 saturated carbocycles. The van der Waals surface area contributed by atoms with Crippen LogP contribution in [-0.4, -0.2) is 74.8 Å². The van der Waals surface area contributed by atoms with Crippen LogP contribution >= 0.6 is 0 Å². The molecule has 1 amide bonds. The zero-order chi connectivity index (χ0) is 18.1. The molecular formula is C19H26N2O4S. The highest BCUT2D eigenvalue weighted by atomic mass is 32.2. The molecular weight excluding hydrogens is 352 g/mol. The van der Waals surface area contributed by atoms with E-state index in [-0.39, 0.29) is 29.0 Å². The van der Waals surface area contributed by atoms with Gasteiger partial charge in [0.2, 0.25) is 5.91 Å². The number of carbonyl (C=O) groups excluding carboxylic acids is 1. The van der Waals surface area contributed by atoms with Gasteiger partial charge in [-0.15, -0.1) is 0 Å². The first-order valence-electron chi connectivity index (χ1n) is 9.44. The van der Waals surface area contributed by atoms with Crippen LogP contribution in [0.15, 0.2) is 35.2 Å². The van der Waals surface area contributed by atoms with E-state index in [9.17, 15) is 13.2 Å². The molecule has 2 saturated heterocycles. The molecule has 0 aromatic heterocycles. The lowest BCUT2D eigenvalue weighted by Crippen LogP contribution is -2.63. The molecule has 2 aliphatic heterocycles. The predicted octanol–water partition coefficient (Wildman–Crippen LogP) is 1.17. The summed E-state index contributed by atoms with van der Waals surface area (Å²) in [7, 11) is -3.41. The third-order valence-electron chi connectivity index (χ3n) is 5.76. The van der Waals surface area contributed by atoms with Crippen LogP contribution in [0.3, 0.4) is 0 Å². The number of nitrogens with zero attached hydrogens (tertiary/aromatic N) is 2. The summed E-state index contributed by atoms with van der Waals surface area (Å²) in [5.41, 5.74) is 0. The average molecular weight is 378 g/mol. The van der Waals surface area contributed by atoms with E-state index >= 15 is 0 Å². The quantitative estimate of drug-likeness (QED) is 0.770. The SMILES string of the molecule is O=C(CCS(=O)(=O)c1ccccc1)N1CCN2[C@@H](COC[C@@H]2C2CC2)C1. The minimum atomic E-state index is -3.41. The number of morpholine rings is 1. The van der Waals surface area contributed by atoms with E-state index < -0.39 is 9.84 Å². The number of carbonyl (C=O) groups is 1. The molecule has 0 N–H and O–H groups in total. The lowest BCUT2D eigenvalue weighted by Gasteiger charge is -2.48. The Morgan fingerprint density at radius 3 is 2.62 bits per heavy atom. The largest absolute Gasteiger partial charge is 0.378 e. The Labute approximate surface area is 155 Å². The highest BCUT2D eigenvalue weighted by Gasteiger charge is 2.43. The Morgan fingerprint density at radius 2 is 1.88 bits per heavy atom. The summed E-state index contributed by atoms with van der Waals surface area (Å²) in [5, 5.41) is 0. The van der Waals surface area contributed by atoms with Gasteiger partial charge in [-0.2, -0.15) is 0 Å². The van der Waals surface area contributed by atoms with Gasteiger partial charge in [-0.05, 0) is 30.9 Å². The Kier molecular flexibility index (Phi) is 5.03. The Bertz CT molecular complexity index is 748. The van der Waals surface area contributed by atoms with Gasteiger partial charge in [0.25, 0.3) is 0 Å². The molecule has 0 radical (unpaired) electrons. The molecule has 1 aromatic rings. The third-order valence-corrected chi connectivity index (χ3v) is 7.49. The smallest absolute Gasteiger partial charge is 0.223 e. The Hall–Kier alpha value is -1.44. The maximum Gasteiger partial charge on any atom is 0.223 e. The third kappa shape index (κ3) is 3.80. The zero-order valence-electron chi connectivity index (χ0n) is 14.9. The second-order valence-electron chi connectivity index (χ2n) is 7.56. The van der Waals surface area contributed by atoms with E-state index in [1.165, 1.54) is 12.8 Å². The van der Waals surface area contributed by atoms with Crippen molar-refractivity contribution in [3.63, 3.8) is 0 Å². The number of ether oxygens (including phenoxy) is 1. The fourth-order valence-electron chi connectivity index (χ4n) is 4.11. The number of sulfone groups is 1. The molecule has 142 valence electrons. The molecule has 0 spiro atoms. The molecule has 2 heterocycles. The summed E-state index contributed by atoms with van der Waals surface area (Å²) < 4.78 is 30.5. The van der Waals surface area contributed by atoms with Gasteiger partial charge in [-0.3, -0.25) is 9.69 Å². The van der Waals surface area contributed by atoms with Gasteiger partial charge in [0.1, 0.15) is 0 Å². The molecule has 0 bridgehead atoms. The average Bonchev–Trinajstić information content (AvgIpc) is 3.51. The number of hydrogen-bond donors (Lipinski definition) is 0. The van der Waals surface area contributed by atoms with Crippen LogP contribution in [0.2, 0.25) is 0 Å². The van der Waals surface area contributed by atoms with Crippen LogP contribution < -0.4 is 0 Å². The van der Waals surface area contributed by atoms with Crippen LogP contribution in [0.1, 0.15) is 19.3 Å². The normalized spacial score (nSPS) is 27.2. The van der Waals surface area contributed by atoms with Crippen LogP contribution in [0.4, 0.5) is 0 Å². The molecule has 26 heavy (non-hydrogen) atoms. The minimum Gasteiger partial charge on any atom is -0.378 e. The molecule has 7 heteroatoms. The van der Waals surface area contributed by atoms with Crippen molar-refractivity contribution < 1.29 is 17.9 Å². The summed E-state index contributed by atoms with van der Waals surface area (Å²) >= 11 is 0. The lowest BCUT2D eigenvalue weighted by atomic mass is 10.0. The predicted molar refractivity (Wildman–Crippen MR) is 97.5 cm³/mol. The van der Waals surface area contributed by atoms with Crippen LogP contribution in [0, 0.1) is 5.92 Å². The van der Waals surface area contributed by atoms with E-state index in [2.05, 4.69) is 4.90 Å². The molecule has 4 rings (SSSR count). The highest BCUT2D eigenvalue weighted by molar-refractivity contribution is 7.91. The van der Waals surface area contributed by atoms with E-state index in [0.29, 0.717) is 25.7 Å². The van der Waals surface area contributed by atoms with Crippen LogP contribution in [-0.2, 0) is 19.4 Å². The second-order valence-corrected chi connectivity index (χ2v) is 9.66. The molecule has 2 atom stereocenters. The zero-order valence-corrected chi connectivity index (χ0v) is 15.7. The summed E-state index contributed by atoms with van der Waals surface area (Å²) in [6.07, 6.45) is 2.62. The van der Waals surface area contributed by atoms with E-state index in [0.717, 1.165) is 19.1 Å². The fourth-order valence-corrected chi connectivity index (χ4v) is 5.37. The first-order valence-corrected chi connectivity index (χ1v) is 11.1. The van der Waals surface area contributed by atoms with Gasteiger partial charge in [0.05, 0.1) is 29.9 Å². The van der Waals surface area contributed by atoms with Crippen molar-refractivity contribution in [2.75, 3.05) is 38.6 Å². The summed E-state index contributed by atoms with van der Waals surface area (Å²) in [4.78, 5) is 17.2. The van der Waals surface area contributed by atoms with Crippen molar-refractivity contribution >= 4 is 15.7 Å². The number of amides is 1. The number of piperazine rings is 1. The maximum atomic E-state index is 12.6. The number of fused-ring (bicyclic) bond motifs is 1. The van der Waals surface area contributed by atoms with Crippen molar-refractivity contribution in [3.05, 3.63) is 30.3 Å². The number of hydrogen-bond acceptors (Lipinski definition) is 5. The van der Waals surface area contributed by atoms with Crippen LogP contribution in [0.5, 0.6) is 0 Å². The van der Waals surface area contributed by atoms with Gasteiger partial charge in [-0.25, -0.2) is 8.42 Å². The van der Waals surface area contributed by atoms with E-state index in [1.807, 2.05) is 4.90 Å². The lowest BCUT2D eigenvalue weighted by molar-refractivity contribution is -0.140. The Balaban J connectivity index is 1.33. The van der Waals surface area contributed by atoms with Gasteiger partial charge in [0.15, 0.2) is 9.84 Å². The molecule has 3 aliphatic rings. The maximum absolute atomic E-state index is 12.6. The first kappa shape index (κ1) is 17.9. The first-order chi connectivity index (χ1) is 12.5. The van der Waals surface area contributed by atoms with Crippen molar-refractivity contribution in [2.24, 2.45) is 5.92 Å². The molecule has 1 aromatic carbocycles. The Morgan fingerprint density at radius 1 is 1.12 bits per heavy atom. The molecule has 6 nitrogen and oxygen atoms in total. The fraction of sp³-hybridized carbons (Fsp3) is 0.632. The second kappa shape index (κ2) is 7.29. The topological polar surface area (TPSA) is 66.9 Å². The van der Waals surface area contributed by atoms with Gasteiger partial charge >= 0.3 is 0 Å². The molecule has 0 unspecified atom stereocenters. The van der Waals surface area contributed by atoms with Gasteiger partial charge < -0.3 is 9.64 Å². The summed E-state index contributed by atoms with van der Waals surface area (Å²) in [5.74, 6) is 0.552. The molecule has 1 aliphatic carbocycles. The van der Waals surface area contributed by atoms with Crippen molar-refractivity contribution in [3.8, 4) is 0 Å². The van der Waals surface area contributed by atoms with Crippen LogP contribution in [0.25, 0.3) is 0 Å². The standard InChI is InChI=1S/C19H26N2O4S/c22-19(8-11-26(23,24)17-4-2-1-3-5-17)20-9-10-21-16(12-20)13-25-14-18(21)15-6-7-15/h1-5,15-16,18H,6-14H2/t16-,18-/m1/s1. The number of benzene rings is 1. The summed E-state index contributed by atoms with van der Waals surface area (Å²) in [6, 6.07) is 9.10. The monoisotopic (exact) mass is 378 g/mol. The highest BCUT2D eigenvalue weighted by Crippen LogP contribution is 2.38.